The maximum Gasteiger partial charge on any atom is 0.155 e. The number of benzene rings is 2. The maximum absolute atomic E-state index is 10.1. The first kappa shape index (κ1) is 11.9. The molecule has 5 heteroatoms. The molecule has 0 aliphatic carbocycles. The van der Waals surface area contributed by atoms with Crippen molar-refractivity contribution in [3.63, 3.8) is 0 Å². The number of nitrogens with one attached hydrogen (secondary N) is 1. The summed E-state index contributed by atoms with van der Waals surface area (Å²) < 4.78 is 0. The van der Waals surface area contributed by atoms with E-state index in [1.807, 2.05) is 42.5 Å². The van der Waals surface area contributed by atoms with Crippen LogP contribution in [0.3, 0.4) is 0 Å². The normalized spacial score (nSPS) is 10.1. The van der Waals surface area contributed by atoms with Crippen LogP contribution in [0.25, 0.3) is 22.2 Å². The van der Waals surface area contributed by atoms with E-state index < -0.39 is 0 Å². The Morgan fingerprint density at radius 1 is 1.00 bits per heavy atom. The van der Waals surface area contributed by atoms with E-state index in [0.29, 0.717) is 5.52 Å². The van der Waals surface area contributed by atoms with Gasteiger partial charge in [0.2, 0.25) is 0 Å². The first-order chi connectivity index (χ1) is 7.86. The van der Waals surface area contributed by atoms with Gasteiger partial charge >= 0.3 is 0 Å². The Labute approximate surface area is 113 Å². The number of aromatic nitrogens is 3. The number of phenolic OH excluding ortho intramolecular Hbond substituents is 1. The van der Waals surface area contributed by atoms with Gasteiger partial charge in [-0.3, -0.25) is 5.10 Å². The fourth-order valence-corrected chi connectivity index (χ4v) is 1.75. The van der Waals surface area contributed by atoms with E-state index in [4.69, 9.17) is 0 Å². The van der Waals surface area contributed by atoms with Crippen molar-refractivity contribution in [1.29, 1.82) is 0 Å². The van der Waals surface area contributed by atoms with Crippen molar-refractivity contribution < 1.29 is 27.5 Å². The Bertz CT molecular complexity index is 637. The molecular formula is C12H9AgN3O. The fraction of sp³-hybridized carbons (Fsp3) is 0. The first-order valence-corrected chi connectivity index (χ1v) is 4.94. The number of phenols is 1. The molecule has 4 nitrogen and oxygen atoms in total. The molecule has 0 spiro atoms. The van der Waals surface area contributed by atoms with E-state index >= 15 is 0 Å². The van der Waals surface area contributed by atoms with E-state index in [-0.39, 0.29) is 28.1 Å². The van der Waals surface area contributed by atoms with Crippen molar-refractivity contribution in [2.45, 2.75) is 0 Å². The van der Waals surface area contributed by atoms with Crippen LogP contribution in [0.2, 0.25) is 0 Å². The summed E-state index contributed by atoms with van der Waals surface area (Å²) in [4.78, 5) is 0. The molecule has 0 bridgehead atoms. The summed E-state index contributed by atoms with van der Waals surface area (Å²) in [6, 6.07) is 13.4. The predicted octanol–water partition coefficient (Wildman–Crippen LogP) is 2.33. The zero-order valence-electron chi connectivity index (χ0n) is 8.68. The van der Waals surface area contributed by atoms with Crippen molar-refractivity contribution in [1.82, 2.24) is 15.4 Å². The minimum atomic E-state index is 0. The SMILES string of the molecule is Oc1c(-c2ccccc2)ccc2[nH]nnc12.[Ag]. The maximum atomic E-state index is 10.1. The van der Waals surface area contributed by atoms with Gasteiger partial charge in [0.1, 0.15) is 0 Å². The summed E-state index contributed by atoms with van der Waals surface area (Å²) in [6.45, 7) is 0. The van der Waals surface area contributed by atoms with Gasteiger partial charge in [-0.1, -0.05) is 35.5 Å². The first-order valence-electron chi connectivity index (χ1n) is 4.94. The van der Waals surface area contributed by atoms with Gasteiger partial charge in [-0.05, 0) is 17.7 Å². The van der Waals surface area contributed by atoms with Crippen molar-refractivity contribution in [3.05, 3.63) is 42.5 Å². The second-order valence-corrected chi connectivity index (χ2v) is 3.54. The molecular weight excluding hydrogens is 310 g/mol. The summed E-state index contributed by atoms with van der Waals surface area (Å²) >= 11 is 0. The molecule has 1 radical (unpaired) electrons. The van der Waals surface area contributed by atoms with Gasteiger partial charge in [0.15, 0.2) is 11.3 Å². The second-order valence-electron chi connectivity index (χ2n) is 3.54. The molecule has 0 amide bonds. The van der Waals surface area contributed by atoms with E-state index in [1.165, 1.54) is 0 Å². The summed E-state index contributed by atoms with van der Waals surface area (Å²) in [5.41, 5.74) is 2.96. The number of hydrogen-bond acceptors (Lipinski definition) is 3. The minimum absolute atomic E-state index is 0. The number of fused-ring (bicyclic) bond motifs is 1. The standard InChI is InChI=1S/C12H9N3O.Ag/c16-12-9(8-4-2-1-3-5-8)6-7-10-11(12)14-15-13-10;/h1-7,16H,(H,13,14,15);. The number of nitrogens with zero attached hydrogens (tertiary/aromatic N) is 2. The van der Waals surface area contributed by atoms with Crippen LogP contribution >= 0.6 is 0 Å². The molecule has 0 saturated carbocycles. The van der Waals surface area contributed by atoms with Crippen molar-refractivity contribution in [3.8, 4) is 16.9 Å². The third-order valence-electron chi connectivity index (χ3n) is 2.56. The number of aromatic hydroxyl groups is 1. The number of aromatic amines is 1. The third kappa shape index (κ3) is 1.98. The van der Waals surface area contributed by atoms with Crippen LogP contribution in [0.5, 0.6) is 5.75 Å². The number of rotatable bonds is 1. The molecule has 0 atom stereocenters. The van der Waals surface area contributed by atoms with E-state index in [9.17, 15) is 5.11 Å². The largest absolute Gasteiger partial charge is 0.505 e. The molecule has 89 valence electrons. The molecule has 0 saturated heterocycles. The van der Waals surface area contributed by atoms with Crippen LogP contribution in [-0.4, -0.2) is 20.5 Å². The molecule has 0 fully saturated rings. The predicted molar refractivity (Wildman–Crippen MR) is 61.0 cm³/mol. The van der Waals surface area contributed by atoms with Crippen LogP contribution in [0.15, 0.2) is 42.5 Å². The van der Waals surface area contributed by atoms with Gasteiger partial charge in [-0.25, -0.2) is 0 Å². The van der Waals surface area contributed by atoms with Crippen LogP contribution in [-0.2, 0) is 22.4 Å². The Hall–Kier alpha value is -1.62. The average molecular weight is 319 g/mol. The third-order valence-corrected chi connectivity index (χ3v) is 2.56. The molecule has 3 aromatic rings. The van der Waals surface area contributed by atoms with Crippen molar-refractivity contribution in [2.75, 3.05) is 0 Å². The summed E-state index contributed by atoms with van der Waals surface area (Å²) in [7, 11) is 0. The van der Waals surface area contributed by atoms with Gasteiger partial charge in [-0.15, -0.1) is 5.10 Å². The van der Waals surface area contributed by atoms with E-state index in [0.717, 1.165) is 16.6 Å². The molecule has 1 heterocycles. The van der Waals surface area contributed by atoms with Crippen molar-refractivity contribution >= 4 is 11.0 Å². The fourth-order valence-electron chi connectivity index (χ4n) is 1.75. The molecule has 2 aromatic carbocycles. The van der Waals surface area contributed by atoms with Gasteiger partial charge < -0.3 is 5.11 Å². The number of hydrogen-bond donors (Lipinski definition) is 2. The monoisotopic (exact) mass is 318 g/mol. The summed E-state index contributed by atoms with van der Waals surface area (Å²) in [6.07, 6.45) is 0. The topological polar surface area (TPSA) is 61.8 Å². The zero-order valence-corrected chi connectivity index (χ0v) is 10.2. The summed E-state index contributed by atoms with van der Waals surface area (Å²) in [5.74, 6) is 0.164. The van der Waals surface area contributed by atoms with E-state index in [2.05, 4.69) is 15.4 Å². The molecule has 17 heavy (non-hydrogen) atoms. The van der Waals surface area contributed by atoms with Gasteiger partial charge in [0.05, 0.1) is 5.52 Å². The second kappa shape index (κ2) is 4.71. The van der Waals surface area contributed by atoms with Gasteiger partial charge in [0, 0.05) is 27.9 Å². The van der Waals surface area contributed by atoms with Crippen LogP contribution < -0.4 is 0 Å². The molecule has 1 aromatic heterocycles. The van der Waals surface area contributed by atoms with Crippen LogP contribution in [0.4, 0.5) is 0 Å². The Kier molecular flexibility index (Phi) is 3.28. The van der Waals surface area contributed by atoms with Crippen LogP contribution in [0.1, 0.15) is 0 Å². The smallest absolute Gasteiger partial charge is 0.155 e. The van der Waals surface area contributed by atoms with Crippen molar-refractivity contribution in [2.24, 2.45) is 0 Å². The van der Waals surface area contributed by atoms with E-state index in [1.54, 1.807) is 0 Å². The molecule has 0 aliphatic heterocycles. The molecule has 3 rings (SSSR count). The Morgan fingerprint density at radius 2 is 1.76 bits per heavy atom. The summed E-state index contributed by atoms with van der Waals surface area (Å²) in [5, 5.41) is 20.3. The quantitative estimate of drug-likeness (QED) is 0.677. The van der Waals surface area contributed by atoms with Crippen LogP contribution in [0, 0.1) is 0 Å². The Balaban J connectivity index is 0.00000108. The zero-order chi connectivity index (χ0) is 11.0. The van der Waals surface area contributed by atoms with Gasteiger partial charge in [0.25, 0.3) is 0 Å². The number of H-pyrrole nitrogens is 1. The van der Waals surface area contributed by atoms with Gasteiger partial charge in [-0.2, -0.15) is 0 Å². The Morgan fingerprint density at radius 3 is 2.53 bits per heavy atom. The average Bonchev–Trinajstić information content (AvgIpc) is 2.80. The molecule has 0 aliphatic rings. The minimum Gasteiger partial charge on any atom is -0.505 e. The molecule has 2 N–H and O–H groups in total. The molecule has 0 unspecified atom stereocenters.